The molecule has 2 heterocycles. The molecule has 0 radical (unpaired) electrons. The van der Waals surface area contributed by atoms with Crippen LogP contribution in [0.15, 0.2) is 18.2 Å². The Kier molecular flexibility index (Phi) is 4.06. The van der Waals surface area contributed by atoms with Crippen molar-refractivity contribution in [2.24, 2.45) is 0 Å². The summed E-state index contributed by atoms with van der Waals surface area (Å²) in [7, 11) is 0. The van der Waals surface area contributed by atoms with E-state index < -0.39 is 0 Å². The Morgan fingerprint density at radius 2 is 2.38 bits per heavy atom. The van der Waals surface area contributed by atoms with Crippen LogP contribution in [0.2, 0.25) is 0 Å². The van der Waals surface area contributed by atoms with Crippen molar-refractivity contribution in [3.63, 3.8) is 0 Å². The number of para-hydroxylation sites is 1. The second kappa shape index (κ2) is 5.98. The first kappa shape index (κ1) is 14.3. The Labute approximate surface area is 128 Å². The van der Waals surface area contributed by atoms with Crippen LogP contribution < -0.4 is 0 Å². The number of imidazole rings is 1. The third-order valence-electron chi connectivity index (χ3n) is 3.99. The molecule has 0 bridgehead atoms. The lowest BCUT2D eigenvalue weighted by molar-refractivity contribution is -0.0339. The van der Waals surface area contributed by atoms with Crippen LogP contribution in [0.25, 0.3) is 11.0 Å². The lowest BCUT2D eigenvalue weighted by atomic mass is 10.2. The zero-order valence-electron chi connectivity index (χ0n) is 12.0. The standard InChI is InChI=1S/C15H18N4OS/c1-2-18-6-7-20-12(9-18)10-19-13-5-3-4-11(8-16)14(13)17-15(19)21/h3-5,12H,2,6-7,9-10H2,1H3,(H,17,21). The topological polar surface area (TPSA) is 57.0 Å². The molecule has 1 aromatic carbocycles. The van der Waals surface area contributed by atoms with Gasteiger partial charge >= 0.3 is 0 Å². The Balaban J connectivity index is 1.92. The number of hydrogen-bond acceptors (Lipinski definition) is 4. The van der Waals surface area contributed by atoms with Crippen LogP contribution in [0.4, 0.5) is 0 Å². The normalized spacial score (nSPS) is 19.7. The van der Waals surface area contributed by atoms with Crippen LogP contribution in [0.3, 0.4) is 0 Å². The van der Waals surface area contributed by atoms with E-state index in [0.29, 0.717) is 16.9 Å². The predicted octanol–water partition coefficient (Wildman–Crippen LogP) is 2.29. The smallest absolute Gasteiger partial charge is 0.178 e. The molecule has 1 N–H and O–H groups in total. The first-order chi connectivity index (χ1) is 10.2. The minimum atomic E-state index is 0.134. The van der Waals surface area contributed by atoms with Gasteiger partial charge in [0.1, 0.15) is 6.07 Å². The van der Waals surface area contributed by atoms with E-state index >= 15 is 0 Å². The lowest BCUT2D eigenvalue weighted by Gasteiger charge is -2.32. The molecule has 5 nitrogen and oxygen atoms in total. The third-order valence-corrected chi connectivity index (χ3v) is 4.31. The van der Waals surface area contributed by atoms with Crippen molar-refractivity contribution in [1.29, 1.82) is 5.26 Å². The molecule has 1 unspecified atom stereocenters. The maximum Gasteiger partial charge on any atom is 0.178 e. The van der Waals surface area contributed by atoms with Crippen molar-refractivity contribution < 1.29 is 4.74 Å². The van der Waals surface area contributed by atoms with Gasteiger partial charge in [-0.15, -0.1) is 0 Å². The van der Waals surface area contributed by atoms with E-state index in [4.69, 9.17) is 17.0 Å². The number of aromatic nitrogens is 2. The van der Waals surface area contributed by atoms with Crippen molar-refractivity contribution in [3.05, 3.63) is 28.5 Å². The van der Waals surface area contributed by atoms with Crippen LogP contribution in [0.1, 0.15) is 12.5 Å². The summed E-state index contributed by atoms with van der Waals surface area (Å²) in [4.78, 5) is 5.53. The molecule has 110 valence electrons. The van der Waals surface area contributed by atoms with Gasteiger partial charge in [0.05, 0.1) is 35.9 Å². The molecule has 1 fully saturated rings. The highest BCUT2D eigenvalue weighted by Gasteiger charge is 2.21. The number of aromatic amines is 1. The fourth-order valence-corrected chi connectivity index (χ4v) is 3.11. The van der Waals surface area contributed by atoms with Gasteiger partial charge in [-0.2, -0.15) is 5.26 Å². The van der Waals surface area contributed by atoms with E-state index in [2.05, 4.69) is 22.9 Å². The van der Waals surface area contributed by atoms with Crippen molar-refractivity contribution in [2.45, 2.75) is 19.6 Å². The van der Waals surface area contributed by atoms with Crippen LogP contribution in [-0.2, 0) is 11.3 Å². The lowest BCUT2D eigenvalue weighted by Crippen LogP contribution is -2.43. The van der Waals surface area contributed by atoms with E-state index in [1.807, 2.05) is 16.7 Å². The van der Waals surface area contributed by atoms with Crippen molar-refractivity contribution >= 4 is 23.3 Å². The van der Waals surface area contributed by atoms with Crippen molar-refractivity contribution in [3.8, 4) is 6.07 Å². The molecule has 1 aliphatic rings. The molecule has 1 saturated heterocycles. The summed E-state index contributed by atoms with van der Waals surface area (Å²) in [6.07, 6.45) is 0.134. The number of ether oxygens (including phenoxy) is 1. The molecule has 21 heavy (non-hydrogen) atoms. The van der Waals surface area contributed by atoms with Gasteiger partial charge in [0, 0.05) is 13.1 Å². The van der Waals surface area contributed by atoms with E-state index in [1.165, 1.54) is 0 Å². The summed E-state index contributed by atoms with van der Waals surface area (Å²) in [5.74, 6) is 0. The van der Waals surface area contributed by atoms with Gasteiger partial charge in [0.25, 0.3) is 0 Å². The molecule has 0 amide bonds. The van der Waals surface area contributed by atoms with Crippen LogP contribution in [0.5, 0.6) is 0 Å². The molecule has 1 aliphatic heterocycles. The first-order valence-corrected chi connectivity index (χ1v) is 7.59. The molecular formula is C15H18N4OS. The quantitative estimate of drug-likeness (QED) is 0.884. The number of nitrogens with one attached hydrogen (secondary N) is 1. The minimum absolute atomic E-state index is 0.134. The van der Waals surface area contributed by atoms with Gasteiger partial charge in [-0.3, -0.25) is 4.90 Å². The molecule has 0 saturated carbocycles. The third kappa shape index (κ3) is 2.72. The van der Waals surface area contributed by atoms with E-state index in [1.54, 1.807) is 6.07 Å². The van der Waals surface area contributed by atoms with Crippen molar-refractivity contribution in [2.75, 3.05) is 26.2 Å². The highest BCUT2D eigenvalue weighted by molar-refractivity contribution is 7.71. The van der Waals surface area contributed by atoms with Gasteiger partial charge in [0.15, 0.2) is 4.77 Å². The Bertz CT molecular complexity index is 742. The largest absolute Gasteiger partial charge is 0.374 e. The zero-order valence-corrected chi connectivity index (χ0v) is 12.8. The molecule has 0 spiro atoms. The summed E-state index contributed by atoms with van der Waals surface area (Å²) in [6.45, 7) is 6.59. The number of nitrogens with zero attached hydrogens (tertiary/aromatic N) is 3. The number of rotatable bonds is 3. The van der Waals surface area contributed by atoms with Crippen LogP contribution in [0, 0.1) is 16.1 Å². The second-order valence-electron chi connectivity index (χ2n) is 5.24. The van der Waals surface area contributed by atoms with Crippen molar-refractivity contribution in [1.82, 2.24) is 14.5 Å². The maximum absolute atomic E-state index is 9.18. The Hall–Kier alpha value is -1.68. The minimum Gasteiger partial charge on any atom is -0.374 e. The van der Waals surface area contributed by atoms with Crippen LogP contribution in [-0.4, -0.2) is 46.8 Å². The number of H-pyrrole nitrogens is 1. The number of morpholine rings is 1. The molecule has 0 aliphatic carbocycles. The number of hydrogen-bond donors (Lipinski definition) is 1. The number of benzene rings is 1. The summed E-state index contributed by atoms with van der Waals surface area (Å²) in [6, 6.07) is 7.88. The van der Waals surface area contributed by atoms with E-state index in [0.717, 1.165) is 37.3 Å². The number of fused-ring (bicyclic) bond motifs is 1. The van der Waals surface area contributed by atoms with E-state index in [-0.39, 0.29) is 6.10 Å². The van der Waals surface area contributed by atoms with Gasteiger partial charge < -0.3 is 14.3 Å². The number of likely N-dealkylation sites (N-methyl/N-ethyl adjacent to an activating group) is 1. The van der Waals surface area contributed by atoms with Gasteiger partial charge in [-0.1, -0.05) is 13.0 Å². The Morgan fingerprint density at radius 3 is 3.14 bits per heavy atom. The molecule has 1 aromatic heterocycles. The molecule has 6 heteroatoms. The molecular weight excluding hydrogens is 284 g/mol. The average molecular weight is 302 g/mol. The molecule has 3 rings (SSSR count). The summed E-state index contributed by atoms with van der Waals surface area (Å²) < 4.78 is 8.54. The van der Waals surface area contributed by atoms with Crippen LogP contribution >= 0.6 is 12.2 Å². The second-order valence-corrected chi connectivity index (χ2v) is 5.62. The number of nitriles is 1. The monoisotopic (exact) mass is 302 g/mol. The zero-order chi connectivity index (χ0) is 14.8. The first-order valence-electron chi connectivity index (χ1n) is 7.18. The maximum atomic E-state index is 9.18. The van der Waals surface area contributed by atoms with E-state index in [9.17, 15) is 5.26 Å². The average Bonchev–Trinajstić information content (AvgIpc) is 2.83. The summed E-state index contributed by atoms with van der Waals surface area (Å²) >= 11 is 5.42. The van der Waals surface area contributed by atoms with Gasteiger partial charge in [-0.05, 0) is 30.9 Å². The summed E-state index contributed by atoms with van der Waals surface area (Å²) in [5, 5.41) is 9.18. The fraction of sp³-hybridized carbons (Fsp3) is 0.467. The molecule has 1 atom stereocenters. The Morgan fingerprint density at radius 1 is 1.52 bits per heavy atom. The van der Waals surface area contributed by atoms with Gasteiger partial charge in [0.2, 0.25) is 0 Å². The SMILES string of the molecule is CCN1CCOC(Cn2c(=S)[nH]c3c(C#N)cccc32)C1. The molecule has 2 aromatic rings. The fourth-order valence-electron chi connectivity index (χ4n) is 2.84. The predicted molar refractivity (Wildman–Crippen MR) is 83.7 cm³/mol. The van der Waals surface area contributed by atoms with Gasteiger partial charge in [-0.25, -0.2) is 0 Å². The summed E-state index contributed by atoms with van der Waals surface area (Å²) in [5.41, 5.74) is 2.40. The highest BCUT2D eigenvalue weighted by Crippen LogP contribution is 2.19. The highest BCUT2D eigenvalue weighted by atomic mass is 32.1.